The Morgan fingerprint density at radius 2 is 2.14 bits per heavy atom. The minimum atomic E-state index is -0.0702. The Labute approximate surface area is 175 Å². The summed E-state index contributed by atoms with van der Waals surface area (Å²) in [6, 6.07) is 7.54. The molecule has 1 amide bonds. The van der Waals surface area contributed by atoms with Crippen molar-refractivity contribution in [2.45, 2.75) is 20.8 Å². The molecule has 0 bridgehead atoms. The number of nitrogens with two attached hydrogens (primary N) is 1. The number of hydrogen-bond acceptors (Lipinski definition) is 4. The lowest BCUT2D eigenvalue weighted by molar-refractivity contribution is -0.431. The van der Waals surface area contributed by atoms with E-state index in [0.29, 0.717) is 30.5 Å². The summed E-state index contributed by atoms with van der Waals surface area (Å²) in [5, 5.41) is 4.03. The second-order valence-corrected chi connectivity index (χ2v) is 8.48. The summed E-state index contributed by atoms with van der Waals surface area (Å²) in [6.07, 6.45) is 4.09. The van der Waals surface area contributed by atoms with Gasteiger partial charge in [-0.05, 0) is 42.2 Å². The molecule has 1 aromatic carbocycles. The number of amides is 1. The van der Waals surface area contributed by atoms with E-state index in [2.05, 4.69) is 43.5 Å². The first-order valence-electron chi connectivity index (χ1n) is 9.58. The molecule has 6 heteroatoms. The van der Waals surface area contributed by atoms with Crippen LogP contribution < -0.4 is 20.8 Å². The molecule has 1 aliphatic rings. The lowest BCUT2D eigenvalue weighted by atomic mass is 10.0. The molecule has 0 spiro atoms. The Bertz CT molecular complexity index is 1140. The molecular formula is C23H27N4OS+. The van der Waals surface area contributed by atoms with E-state index < -0.39 is 0 Å². The van der Waals surface area contributed by atoms with Gasteiger partial charge in [-0.3, -0.25) is 4.79 Å². The second kappa shape index (κ2) is 8.57. The number of nitrogens with zero attached hydrogens (tertiary/aromatic N) is 2. The summed E-state index contributed by atoms with van der Waals surface area (Å²) >= 11 is 1.58. The fourth-order valence-electron chi connectivity index (χ4n) is 3.13. The van der Waals surface area contributed by atoms with E-state index in [-0.39, 0.29) is 5.91 Å². The lowest BCUT2D eigenvalue weighted by Crippen LogP contribution is -2.27. The van der Waals surface area contributed by atoms with Gasteiger partial charge in [0.25, 0.3) is 5.91 Å². The number of carbonyl (C=O) groups excluding carboxylic acids is 1. The number of aliphatic imine (C=N–C) groups is 1. The molecule has 1 aromatic heterocycles. The van der Waals surface area contributed by atoms with Gasteiger partial charge in [0.1, 0.15) is 17.4 Å². The molecule has 0 aliphatic carbocycles. The quantitative estimate of drug-likeness (QED) is 0.748. The zero-order valence-corrected chi connectivity index (χ0v) is 18.0. The lowest BCUT2D eigenvalue weighted by Gasteiger charge is -2.09. The maximum atomic E-state index is 12.4. The molecule has 5 nitrogen and oxygen atoms in total. The van der Waals surface area contributed by atoms with Crippen LogP contribution in [0.4, 0.5) is 5.69 Å². The van der Waals surface area contributed by atoms with E-state index >= 15 is 0 Å². The molecule has 29 heavy (non-hydrogen) atoms. The molecule has 3 rings (SSSR count). The van der Waals surface area contributed by atoms with Crippen LogP contribution in [0.5, 0.6) is 0 Å². The first-order chi connectivity index (χ1) is 13.8. The molecule has 0 radical (unpaired) electrons. The van der Waals surface area contributed by atoms with E-state index in [9.17, 15) is 4.79 Å². The average molecular weight is 408 g/mol. The maximum Gasteiger partial charge on any atom is 0.251 e. The van der Waals surface area contributed by atoms with Crippen molar-refractivity contribution >= 4 is 53.2 Å². The van der Waals surface area contributed by atoms with Crippen LogP contribution in [0.15, 0.2) is 35.8 Å². The fraction of sp³-hybridized carbons (Fsp3) is 0.261. The van der Waals surface area contributed by atoms with Crippen molar-refractivity contribution in [2.75, 3.05) is 13.2 Å². The summed E-state index contributed by atoms with van der Waals surface area (Å²) in [5.41, 5.74) is 9.47. The van der Waals surface area contributed by atoms with Crippen molar-refractivity contribution in [2.24, 2.45) is 16.6 Å². The van der Waals surface area contributed by atoms with Crippen LogP contribution in [0.25, 0.3) is 17.7 Å². The number of rotatable bonds is 5. The van der Waals surface area contributed by atoms with Crippen LogP contribution >= 0.6 is 11.3 Å². The van der Waals surface area contributed by atoms with Gasteiger partial charge in [0.2, 0.25) is 12.4 Å². The van der Waals surface area contributed by atoms with E-state index in [1.54, 1.807) is 11.3 Å². The Morgan fingerprint density at radius 1 is 1.41 bits per heavy atom. The number of nitrogens with one attached hydrogen (secondary N) is 1. The number of amidine groups is 1. The van der Waals surface area contributed by atoms with Crippen LogP contribution in [0, 0.1) is 5.92 Å². The highest BCUT2D eigenvalue weighted by Gasteiger charge is 2.25. The van der Waals surface area contributed by atoms with Crippen molar-refractivity contribution in [3.05, 3.63) is 56.6 Å². The topological polar surface area (TPSA) is 70.5 Å². The van der Waals surface area contributed by atoms with E-state index in [1.807, 2.05) is 41.8 Å². The third kappa shape index (κ3) is 4.38. The van der Waals surface area contributed by atoms with Gasteiger partial charge in [0.15, 0.2) is 0 Å². The summed E-state index contributed by atoms with van der Waals surface area (Å²) in [6.45, 7) is 15.5. The van der Waals surface area contributed by atoms with Gasteiger partial charge in [0.05, 0.1) is 5.22 Å². The fourth-order valence-corrected chi connectivity index (χ4v) is 4.38. The van der Waals surface area contributed by atoms with Crippen molar-refractivity contribution in [3.8, 4) is 0 Å². The SMILES string of the molecule is C=C(C=c1sc2c(c1=CC)[N+](=C)CN=C2N)c1cccc(C(=O)NCC(C)C)c1. The molecule has 2 heterocycles. The maximum absolute atomic E-state index is 12.4. The summed E-state index contributed by atoms with van der Waals surface area (Å²) < 4.78 is 2.91. The molecule has 0 unspecified atom stereocenters. The number of allylic oxidation sites excluding steroid dienone is 1. The van der Waals surface area contributed by atoms with Crippen molar-refractivity contribution in [3.63, 3.8) is 0 Å². The molecule has 0 saturated heterocycles. The van der Waals surface area contributed by atoms with Gasteiger partial charge in [-0.1, -0.05) is 38.6 Å². The Kier molecular flexibility index (Phi) is 6.13. The monoisotopic (exact) mass is 407 g/mol. The van der Waals surface area contributed by atoms with Gasteiger partial charge in [-0.2, -0.15) is 4.58 Å². The Balaban J connectivity index is 1.97. The Morgan fingerprint density at radius 3 is 2.83 bits per heavy atom. The number of thiophene rings is 1. The highest BCUT2D eigenvalue weighted by Crippen LogP contribution is 2.21. The second-order valence-electron chi connectivity index (χ2n) is 7.43. The highest BCUT2D eigenvalue weighted by molar-refractivity contribution is 7.12. The summed E-state index contributed by atoms with van der Waals surface area (Å²) in [5.74, 6) is 0.879. The standard InChI is InChI=1S/C23H26N4OS/c1-6-18-19(29-21-20(18)27(5)13-26-22(21)24)10-15(4)16-8-7-9-17(11-16)23(28)25-12-14(2)3/h6-11,14H,4-5,12-13H2,1-3H3,(H2-,24,25,26,28)/p+1. The molecule has 0 saturated carbocycles. The van der Waals surface area contributed by atoms with Crippen molar-refractivity contribution in [1.82, 2.24) is 5.32 Å². The third-order valence-corrected chi connectivity index (χ3v) is 5.83. The van der Waals surface area contributed by atoms with Crippen LogP contribution in [0.2, 0.25) is 0 Å². The van der Waals surface area contributed by atoms with Crippen LogP contribution in [-0.4, -0.2) is 36.2 Å². The zero-order chi connectivity index (χ0) is 21.1. The van der Waals surface area contributed by atoms with Gasteiger partial charge >= 0.3 is 0 Å². The first-order valence-corrected chi connectivity index (χ1v) is 10.4. The molecule has 1 aliphatic heterocycles. The predicted molar refractivity (Wildman–Crippen MR) is 123 cm³/mol. The molecular weight excluding hydrogens is 380 g/mol. The third-order valence-electron chi connectivity index (χ3n) is 4.67. The van der Waals surface area contributed by atoms with Crippen LogP contribution in [0.1, 0.15) is 41.6 Å². The zero-order valence-electron chi connectivity index (χ0n) is 17.2. The summed E-state index contributed by atoms with van der Waals surface area (Å²) in [7, 11) is 0. The number of hydrogen-bond donors (Lipinski definition) is 2. The van der Waals surface area contributed by atoms with Crippen LogP contribution in [-0.2, 0) is 0 Å². The minimum Gasteiger partial charge on any atom is -0.382 e. The molecule has 150 valence electrons. The number of carbonyl (C=O) groups is 1. The largest absolute Gasteiger partial charge is 0.382 e. The highest BCUT2D eigenvalue weighted by atomic mass is 32.1. The van der Waals surface area contributed by atoms with E-state index in [1.165, 1.54) is 0 Å². The van der Waals surface area contributed by atoms with Crippen molar-refractivity contribution < 1.29 is 9.37 Å². The smallest absolute Gasteiger partial charge is 0.251 e. The van der Waals surface area contributed by atoms with E-state index in [0.717, 1.165) is 31.5 Å². The predicted octanol–water partition coefficient (Wildman–Crippen LogP) is 2.45. The Hall–Kier alpha value is -2.99. The summed E-state index contributed by atoms with van der Waals surface area (Å²) in [4.78, 5) is 17.6. The molecule has 0 atom stereocenters. The normalized spacial score (nSPS) is 14.8. The average Bonchev–Trinajstić information content (AvgIpc) is 3.08. The van der Waals surface area contributed by atoms with Crippen molar-refractivity contribution in [1.29, 1.82) is 0 Å². The van der Waals surface area contributed by atoms with Crippen LogP contribution in [0.3, 0.4) is 0 Å². The van der Waals surface area contributed by atoms with Gasteiger partial charge < -0.3 is 11.1 Å². The molecule has 2 aromatic rings. The number of benzene rings is 1. The van der Waals surface area contributed by atoms with Gasteiger partial charge in [-0.25, -0.2) is 4.99 Å². The molecule has 3 N–H and O–H groups in total. The van der Waals surface area contributed by atoms with Gasteiger partial charge in [0, 0.05) is 16.6 Å². The minimum absolute atomic E-state index is 0.0702. The number of fused-ring (bicyclic) bond motifs is 1. The first kappa shape index (κ1) is 20.7. The van der Waals surface area contributed by atoms with Gasteiger partial charge in [-0.15, -0.1) is 11.3 Å². The molecule has 0 fully saturated rings. The van der Waals surface area contributed by atoms with E-state index in [4.69, 9.17) is 5.73 Å².